The third-order valence-electron chi connectivity index (χ3n) is 2.30. The number of rotatable bonds is 3. The van der Waals surface area contributed by atoms with Crippen LogP contribution in [0.15, 0.2) is 45.5 Å². The fourth-order valence-electron chi connectivity index (χ4n) is 1.55. The van der Waals surface area contributed by atoms with Crippen molar-refractivity contribution < 1.29 is 8.81 Å². The summed E-state index contributed by atoms with van der Waals surface area (Å²) in [5, 5.41) is 0. The molecule has 2 N–H and O–H groups in total. The van der Waals surface area contributed by atoms with E-state index >= 15 is 0 Å². The van der Waals surface area contributed by atoms with Gasteiger partial charge in [0.25, 0.3) is 0 Å². The molecule has 4 heteroatoms. The van der Waals surface area contributed by atoms with Gasteiger partial charge in [-0.25, -0.2) is 4.39 Å². The Balaban J connectivity index is 2.10. The van der Waals surface area contributed by atoms with Gasteiger partial charge in [0, 0.05) is 0 Å². The van der Waals surface area contributed by atoms with Gasteiger partial charge in [0.2, 0.25) is 0 Å². The van der Waals surface area contributed by atoms with Crippen molar-refractivity contribution in [3.8, 4) is 0 Å². The van der Waals surface area contributed by atoms with E-state index < -0.39 is 0 Å². The topological polar surface area (TPSA) is 39.2 Å². The Bertz CT molecular complexity index is 483. The van der Waals surface area contributed by atoms with E-state index in [1.165, 1.54) is 12.1 Å². The van der Waals surface area contributed by atoms with E-state index in [1.54, 1.807) is 12.1 Å². The molecule has 2 aromatic rings. The molecule has 84 valence electrons. The molecule has 2 nitrogen and oxygen atoms in total. The molecule has 0 spiro atoms. The lowest BCUT2D eigenvalue weighted by Gasteiger charge is -2.08. The number of furan rings is 1. The monoisotopic (exact) mass is 283 g/mol. The van der Waals surface area contributed by atoms with Crippen LogP contribution in [0.5, 0.6) is 0 Å². The zero-order valence-electron chi connectivity index (χ0n) is 8.49. The smallest absolute Gasteiger partial charge is 0.169 e. The predicted molar refractivity (Wildman–Crippen MR) is 63.4 cm³/mol. The number of hydrogen-bond donors (Lipinski definition) is 1. The Morgan fingerprint density at radius 3 is 2.75 bits per heavy atom. The first-order valence-electron chi connectivity index (χ1n) is 4.90. The average molecular weight is 284 g/mol. The summed E-state index contributed by atoms with van der Waals surface area (Å²) >= 11 is 3.22. The summed E-state index contributed by atoms with van der Waals surface area (Å²) in [4.78, 5) is 0. The highest BCUT2D eigenvalue weighted by Crippen LogP contribution is 2.21. The minimum atomic E-state index is -0.256. The second-order valence-electron chi connectivity index (χ2n) is 3.58. The van der Waals surface area contributed by atoms with E-state index in [9.17, 15) is 4.39 Å². The maximum Gasteiger partial charge on any atom is 0.169 e. The molecule has 0 aliphatic rings. The molecule has 1 unspecified atom stereocenters. The van der Waals surface area contributed by atoms with Gasteiger partial charge in [0.15, 0.2) is 4.67 Å². The number of nitrogens with two attached hydrogens (primary N) is 1. The van der Waals surface area contributed by atoms with E-state index in [4.69, 9.17) is 10.2 Å². The summed E-state index contributed by atoms with van der Waals surface area (Å²) in [6.07, 6.45) is 0.553. The highest BCUT2D eigenvalue weighted by molar-refractivity contribution is 9.10. The first kappa shape index (κ1) is 11.4. The summed E-state index contributed by atoms with van der Waals surface area (Å²) in [5.41, 5.74) is 6.81. The van der Waals surface area contributed by atoms with E-state index in [0.717, 1.165) is 5.56 Å². The van der Waals surface area contributed by atoms with Crippen molar-refractivity contribution in [1.29, 1.82) is 0 Å². The lowest BCUT2D eigenvalue weighted by Crippen LogP contribution is -2.12. The highest BCUT2D eigenvalue weighted by Gasteiger charge is 2.11. The van der Waals surface area contributed by atoms with E-state index in [0.29, 0.717) is 16.9 Å². The van der Waals surface area contributed by atoms with Crippen molar-refractivity contribution in [2.24, 2.45) is 5.73 Å². The van der Waals surface area contributed by atoms with Gasteiger partial charge >= 0.3 is 0 Å². The second-order valence-corrected chi connectivity index (χ2v) is 4.36. The van der Waals surface area contributed by atoms with Crippen molar-refractivity contribution >= 4 is 15.9 Å². The zero-order valence-corrected chi connectivity index (χ0v) is 10.1. The number of hydrogen-bond acceptors (Lipinski definition) is 2. The minimum Gasteiger partial charge on any atom is -0.453 e. The van der Waals surface area contributed by atoms with Crippen LogP contribution in [0.25, 0.3) is 0 Å². The first-order valence-corrected chi connectivity index (χ1v) is 5.70. The molecule has 0 saturated carbocycles. The third kappa shape index (κ3) is 2.71. The van der Waals surface area contributed by atoms with Crippen LogP contribution in [-0.4, -0.2) is 0 Å². The van der Waals surface area contributed by atoms with Crippen molar-refractivity contribution in [3.63, 3.8) is 0 Å². The fraction of sp³-hybridized carbons (Fsp3) is 0.167. The standard InChI is InChI=1S/C12H11BrFNO/c13-12-5-4-11(16-12)10(15)7-8-2-1-3-9(14)6-8/h1-6,10H,7,15H2. The van der Waals surface area contributed by atoms with Gasteiger partial charge in [-0.3, -0.25) is 0 Å². The largest absolute Gasteiger partial charge is 0.453 e. The predicted octanol–water partition coefficient (Wildman–Crippen LogP) is 3.42. The molecule has 1 heterocycles. The van der Waals surface area contributed by atoms with Crippen LogP contribution >= 0.6 is 15.9 Å². The van der Waals surface area contributed by atoms with Gasteiger partial charge in [0.1, 0.15) is 11.6 Å². The summed E-state index contributed by atoms with van der Waals surface area (Å²) in [5.74, 6) is 0.446. The Labute approximate surface area is 101 Å². The van der Waals surface area contributed by atoms with Crippen LogP contribution < -0.4 is 5.73 Å². The number of benzene rings is 1. The Kier molecular flexibility index (Phi) is 3.41. The van der Waals surface area contributed by atoms with Crippen molar-refractivity contribution in [1.82, 2.24) is 0 Å². The molecule has 0 aliphatic carbocycles. The molecule has 0 saturated heterocycles. The Hall–Kier alpha value is -1.13. The molecule has 1 aromatic heterocycles. The molecule has 0 aliphatic heterocycles. The van der Waals surface area contributed by atoms with Crippen LogP contribution in [0.3, 0.4) is 0 Å². The van der Waals surface area contributed by atoms with Crippen LogP contribution in [0.1, 0.15) is 17.4 Å². The summed E-state index contributed by atoms with van der Waals surface area (Å²) in [6, 6.07) is 9.77. The molecule has 2 rings (SSSR count). The van der Waals surface area contributed by atoms with Crippen LogP contribution in [0.2, 0.25) is 0 Å². The van der Waals surface area contributed by atoms with Gasteiger partial charge in [0.05, 0.1) is 6.04 Å². The van der Waals surface area contributed by atoms with Crippen molar-refractivity contribution in [2.45, 2.75) is 12.5 Å². The Morgan fingerprint density at radius 1 is 1.31 bits per heavy atom. The summed E-state index contributed by atoms with van der Waals surface area (Å²) in [6.45, 7) is 0. The van der Waals surface area contributed by atoms with Crippen LogP contribution in [0.4, 0.5) is 4.39 Å². The first-order chi connectivity index (χ1) is 7.65. The molecule has 0 radical (unpaired) electrons. The van der Waals surface area contributed by atoms with Gasteiger partial charge in [-0.2, -0.15) is 0 Å². The maximum atomic E-state index is 13.0. The second kappa shape index (κ2) is 4.80. The quantitative estimate of drug-likeness (QED) is 0.938. The molecule has 1 aromatic carbocycles. The molecular weight excluding hydrogens is 273 g/mol. The molecule has 0 fully saturated rings. The van der Waals surface area contributed by atoms with Gasteiger partial charge in [-0.05, 0) is 52.2 Å². The van der Waals surface area contributed by atoms with Gasteiger partial charge < -0.3 is 10.2 Å². The van der Waals surface area contributed by atoms with Crippen LogP contribution in [-0.2, 0) is 6.42 Å². The minimum absolute atomic E-state index is 0.245. The average Bonchev–Trinajstić information content (AvgIpc) is 2.65. The summed E-state index contributed by atoms with van der Waals surface area (Å²) in [7, 11) is 0. The molecular formula is C12H11BrFNO. The van der Waals surface area contributed by atoms with Crippen molar-refractivity contribution in [3.05, 3.63) is 58.2 Å². The SMILES string of the molecule is NC(Cc1cccc(F)c1)c1ccc(Br)o1. The lowest BCUT2D eigenvalue weighted by molar-refractivity contribution is 0.447. The highest BCUT2D eigenvalue weighted by atomic mass is 79.9. The normalized spacial score (nSPS) is 12.7. The van der Waals surface area contributed by atoms with E-state index in [-0.39, 0.29) is 11.9 Å². The van der Waals surface area contributed by atoms with Gasteiger partial charge in [-0.1, -0.05) is 12.1 Å². The Morgan fingerprint density at radius 2 is 2.12 bits per heavy atom. The van der Waals surface area contributed by atoms with Crippen LogP contribution in [0, 0.1) is 5.82 Å². The fourth-order valence-corrected chi connectivity index (χ4v) is 1.87. The zero-order chi connectivity index (χ0) is 11.5. The molecule has 0 bridgehead atoms. The molecule has 1 atom stereocenters. The van der Waals surface area contributed by atoms with E-state index in [1.807, 2.05) is 12.1 Å². The maximum absolute atomic E-state index is 13.0. The number of halogens is 2. The third-order valence-corrected chi connectivity index (χ3v) is 2.73. The molecule has 16 heavy (non-hydrogen) atoms. The molecule has 0 amide bonds. The summed E-state index contributed by atoms with van der Waals surface area (Å²) < 4.78 is 18.9. The van der Waals surface area contributed by atoms with Crippen molar-refractivity contribution in [2.75, 3.05) is 0 Å². The van der Waals surface area contributed by atoms with E-state index in [2.05, 4.69) is 15.9 Å². The lowest BCUT2D eigenvalue weighted by atomic mass is 10.0. The van der Waals surface area contributed by atoms with Gasteiger partial charge in [-0.15, -0.1) is 0 Å².